The van der Waals surface area contributed by atoms with Crippen LogP contribution in [0.2, 0.25) is 0 Å². The number of rotatable bonds is 4. The van der Waals surface area contributed by atoms with E-state index in [0.717, 1.165) is 11.1 Å². The summed E-state index contributed by atoms with van der Waals surface area (Å²) in [7, 11) is 0. The van der Waals surface area contributed by atoms with Gasteiger partial charge in [-0.05, 0) is 29.7 Å². The molecule has 4 aromatic rings. The molecule has 0 aliphatic rings. The molecule has 4 rings (SSSR count). The van der Waals surface area contributed by atoms with Gasteiger partial charge >= 0.3 is 5.97 Å². The van der Waals surface area contributed by atoms with E-state index in [2.05, 4.69) is 46.4 Å². The first kappa shape index (κ1) is 16.0. The predicted molar refractivity (Wildman–Crippen MR) is 99.1 cm³/mol. The molecule has 7 heteroatoms. The van der Waals surface area contributed by atoms with Gasteiger partial charge in [-0.1, -0.05) is 26.0 Å². The van der Waals surface area contributed by atoms with Gasteiger partial charge in [-0.3, -0.25) is 4.98 Å². The minimum atomic E-state index is -1.07. The number of hydrogen-bond acceptors (Lipinski definition) is 5. The second-order valence-corrected chi connectivity index (χ2v) is 6.36. The number of fused-ring (bicyclic) bond motifs is 3. The summed E-state index contributed by atoms with van der Waals surface area (Å²) in [6.07, 6.45) is 4.63. The van der Waals surface area contributed by atoms with E-state index in [4.69, 9.17) is 0 Å². The molecule has 0 amide bonds. The van der Waals surface area contributed by atoms with Crippen LogP contribution in [0, 0.1) is 0 Å². The van der Waals surface area contributed by atoms with Crippen LogP contribution in [-0.4, -0.2) is 30.7 Å². The molecule has 0 saturated carbocycles. The lowest BCUT2D eigenvalue weighted by atomic mass is 10.0. The Balaban J connectivity index is 1.91. The van der Waals surface area contributed by atoms with Crippen LogP contribution in [0.3, 0.4) is 0 Å². The molecule has 3 aromatic heterocycles. The van der Waals surface area contributed by atoms with Gasteiger partial charge in [0.2, 0.25) is 0 Å². The highest BCUT2D eigenvalue weighted by molar-refractivity contribution is 5.98. The van der Waals surface area contributed by atoms with E-state index in [0.29, 0.717) is 17.3 Å². The second-order valence-electron chi connectivity index (χ2n) is 6.36. The lowest BCUT2D eigenvalue weighted by Crippen LogP contribution is -2.03. The molecule has 0 fully saturated rings. The molecule has 1 aromatic carbocycles. The molecule has 7 nitrogen and oxygen atoms in total. The first-order valence-corrected chi connectivity index (χ1v) is 8.26. The summed E-state index contributed by atoms with van der Waals surface area (Å²) in [4.78, 5) is 20.1. The molecule has 0 bridgehead atoms. The number of pyridine rings is 1. The van der Waals surface area contributed by atoms with Crippen molar-refractivity contribution in [2.75, 3.05) is 5.32 Å². The number of hydrogen-bond donors (Lipinski definition) is 2. The third-order valence-corrected chi connectivity index (χ3v) is 4.29. The molecule has 0 saturated heterocycles. The van der Waals surface area contributed by atoms with Crippen LogP contribution in [0.5, 0.6) is 0 Å². The number of nitrogens with zero attached hydrogens (tertiary/aromatic N) is 4. The topological polar surface area (TPSA) is 92.4 Å². The van der Waals surface area contributed by atoms with Gasteiger partial charge < -0.3 is 10.4 Å². The van der Waals surface area contributed by atoms with Crippen molar-refractivity contribution in [2.24, 2.45) is 0 Å². The molecule has 26 heavy (non-hydrogen) atoms. The van der Waals surface area contributed by atoms with E-state index < -0.39 is 5.97 Å². The molecule has 130 valence electrons. The zero-order chi connectivity index (χ0) is 18.3. The van der Waals surface area contributed by atoms with Crippen LogP contribution >= 0.6 is 0 Å². The van der Waals surface area contributed by atoms with E-state index in [1.807, 2.05) is 18.2 Å². The normalized spacial score (nSPS) is 11.3. The van der Waals surface area contributed by atoms with Gasteiger partial charge in [-0.25, -0.2) is 14.3 Å². The van der Waals surface area contributed by atoms with Crippen molar-refractivity contribution >= 4 is 34.0 Å². The van der Waals surface area contributed by atoms with E-state index >= 15 is 0 Å². The minimum absolute atomic E-state index is 0.0507. The van der Waals surface area contributed by atoms with Gasteiger partial charge in [-0.15, -0.1) is 0 Å². The zero-order valence-corrected chi connectivity index (χ0v) is 14.3. The summed E-state index contributed by atoms with van der Waals surface area (Å²) in [5.74, 6) is -0.0936. The van der Waals surface area contributed by atoms with Crippen LogP contribution in [0.15, 0.2) is 48.9 Å². The van der Waals surface area contributed by atoms with Crippen LogP contribution in [-0.2, 0) is 0 Å². The summed E-state index contributed by atoms with van der Waals surface area (Å²) in [5, 5.41) is 17.7. The van der Waals surface area contributed by atoms with E-state index in [1.165, 1.54) is 16.3 Å². The van der Waals surface area contributed by atoms with Crippen molar-refractivity contribution < 1.29 is 9.90 Å². The number of carbonyl (C=O) groups is 1. The van der Waals surface area contributed by atoms with E-state index in [-0.39, 0.29) is 11.2 Å². The third kappa shape index (κ3) is 2.63. The van der Waals surface area contributed by atoms with Gasteiger partial charge in [0.05, 0.1) is 17.9 Å². The molecular formula is C19H17N5O2. The minimum Gasteiger partial charge on any atom is -0.477 e. The maximum absolute atomic E-state index is 11.5. The first-order valence-electron chi connectivity index (χ1n) is 8.26. The highest BCUT2D eigenvalue weighted by atomic mass is 16.4. The van der Waals surface area contributed by atoms with Crippen LogP contribution in [0.25, 0.3) is 16.6 Å². The van der Waals surface area contributed by atoms with Crippen molar-refractivity contribution in [3.63, 3.8) is 0 Å². The molecule has 0 aliphatic heterocycles. The Morgan fingerprint density at radius 2 is 2.08 bits per heavy atom. The standard InChI is InChI=1S/C19H17N5O2/c1-11(2)12-4-3-5-13(8-12)22-17-14-6-7-20-10-16(14)24-18(23-17)15(9-21-24)19(25)26/h3-11H,1-2H3,(H,22,23)(H,25,26). The predicted octanol–water partition coefficient (Wildman–Crippen LogP) is 3.84. The van der Waals surface area contributed by atoms with Crippen molar-refractivity contribution in [1.82, 2.24) is 19.6 Å². The molecule has 2 N–H and O–H groups in total. The van der Waals surface area contributed by atoms with Crippen LogP contribution in [0.4, 0.5) is 11.5 Å². The van der Waals surface area contributed by atoms with E-state index in [9.17, 15) is 9.90 Å². The molecule has 3 heterocycles. The Kier molecular flexibility index (Phi) is 3.76. The quantitative estimate of drug-likeness (QED) is 0.583. The van der Waals surface area contributed by atoms with Crippen molar-refractivity contribution in [3.05, 3.63) is 60.0 Å². The zero-order valence-electron chi connectivity index (χ0n) is 14.3. The summed E-state index contributed by atoms with van der Waals surface area (Å²) in [6.45, 7) is 4.27. The van der Waals surface area contributed by atoms with Gasteiger partial charge in [0.25, 0.3) is 0 Å². The number of carboxylic acids is 1. The number of aromatic carboxylic acids is 1. The molecule has 0 aliphatic carbocycles. The van der Waals surface area contributed by atoms with Gasteiger partial charge in [-0.2, -0.15) is 5.10 Å². The average Bonchev–Trinajstić information content (AvgIpc) is 3.06. The Bertz CT molecular complexity index is 1130. The number of carboxylic acid groups (broad SMARTS) is 1. The Morgan fingerprint density at radius 1 is 1.23 bits per heavy atom. The number of nitrogens with one attached hydrogen (secondary N) is 1. The van der Waals surface area contributed by atoms with Crippen molar-refractivity contribution in [1.29, 1.82) is 0 Å². The fraction of sp³-hybridized carbons (Fsp3) is 0.158. The lowest BCUT2D eigenvalue weighted by Gasteiger charge is -2.12. The molecular weight excluding hydrogens is 330 g/mol. The number of benzene rings is 1. The monoisotopic (exact) mass is 347 g/mol. The van der Waals surface area contributed by atoms with Crippen LogP contribution in [0.1, 0.15) is 35.7 Å². The summed E-state index contributed by atoms with van der Waals surface area (Å²) in [5.41, 5.74) is 3.11. The molecule has 0 spiro atoms. The summed E-state index contributed by atoms with van der Waals surface area (Å²) < 4.78 is 1.50. The Morgan fingerprint density at radius 3 is 2.85 bits per heavy atom. The number of anilines is 2. The Hall–Kier alpha value is -3.48. The molecule has 0 atom stereocenters. The van der Waals surface area contributed by atoms with Gasteiger partial charge in [0.15, 0.2) is 5.65 Å². The highest BCUT2D eigenvalue weighted by Crippen LogP contribution is 2.27. The molecule has 0 radical (unpaired) electrons. The second kappa shape index (κ2) is 6.11. The van der Waals surface area contributed by atoms with Crippen LogP contribution < -0.4 is 5.32 Å². The molecule has 0 unspecified atom stereocenters. The summed E-state index contributed by atoms with van der Waals surface area (Å²) >= 11 is 0. The fourth-order valence-electron chi connectivity index (χ4n) is 2.91. The third-order valence-electron chi connectivity index (χ3n) is 4.29. The van der Waals surface area contributed by atoms with Crippen molar-refractivity contribution in [2.45, 2.75) is 19.8 Å². The number of aromatic nitrogens is 4. The smallest absolute Gasteiger partial charge is 0.341 e. The maximum Gasteiger partial charge on any atom is 0.341 e. The van der Waals surface area contributed by atoms with Gasteiger partial charge in [0.1, 0.15) is 11.4 Å². The van der Waals surface area contributed by atoms with Gasteiger partial charge in [0, 0.05) is 17.3 Å². The SMILES string of the molecule is CC(C)c1cccc(Nc2nc3c(C(=O)O)cnn3c3cnccc23)c1. The van der Waals surface area contributed by atoms with Crippen molar-refractivity contribution in [3.8, 4) is 0 Å². The lowest BCUT2D eigenvalue weighted by molar-refractivity contribution is 0.0699. The fourth-order valence-corrected chi connectivity index (χ4v) is 2.91. The highest BCUT2D eigenvalue weighted by Gasteiger charge is 2.17. The Labute approximate surface area is 149 Å². The largest absolute Gasteiger partial charge is 0.477 e. The average molecular weight is 347 g/mol. The maximum atomic E-state index is 11.5. The summed E-state index contributed by atoms with van der Waals surface area (Å²) in [6, 6.07) is 9.92. The van der Waals surface area contributed by atoms with E-state index in [1.54, 1.807) is 12.4 Å². The first-order chi connectivity index (χ1) is 12.5.